The lowest BCUT2D eigenvalue weighted by atomic mass is 10.3. The number of nitrogens with one attached hydrogen (secondary N) is 2. The zero-order valence-electron chi connectivity index (χ0n) is 10.5. The molecule has 0 amide bonds. The maximum Gasteiger partial charge on any atom is 0.140 e. The van der Waals surface area contributed by atoms with Crippen LogP contribution in [0.4, 0.5) is 15.9 Å². The number of hydrogen-bond acceptors (Lipinski definition) is 4. The molecule has 0 aliphatic carbocycles. The van der Waals surface area contributed by atoms with E-state index in [1.54, 1.807) is 13.1 Å². The van der Waals surface area contributed by atoms with E-state index in [0.29, 0.717) is 21.4 Å². The molecule has 0 aliphatic heterocycles. The van der Waals surface area contributed by atoms with Crippen molar-refractivity contribution in [2.75, 3.05) is 17.1 Å². The second kappa shape index (κ2) is 6.12. The normalized spacial score (nSPS) is 10.3. The topological polar surface area (TPSA) is 37.0 Å². The average molecular weight is 298 g/mol. The van der Waals surface area contributed by atoms with Gasteiger partial charge in [-0.15, -0.1) is 0 Å². The number of halogens is 2. The molecule has 0 radical (unpaired) electrons. The summed E-state index contributed by atoms with van der Waals surface area (Å²) in [4.78, 5) is 4.70. The van der Waals surface area contributed by atoms with Gasteiger partial charge in [0.05, 0.1) is 15.6 Å². The summed E-state index contributed by atoms with van der Waals surface area (Å²) < 4.78 is 16.8. The van der Waals surface area contributed by atoms with E-state index in [-0.39, 0.29) is 5.82 Å². The molecule has 1 aromatic heterocycles. The standard InChI is InChI=1S/C13H13ClFN3S/c1-8-4-3-5-13(17-8)18-19-12-6-9(14)11(16-2)7-10(12)15/h3-7,16H,1-2H3,(H,17,18). The van der Waals surface area contributed by atoms with Crippen LogP contribution in [-0.2, 0) is 0 Å². The molecule has 0 saturated carbocycles. The molecule has 1 heterocycles. The number of hydrogen-bond donors (Lipinski definition) is 2. The molecule has 0 spiro atoms. The van der Waals surface area contributed by atoms with Crippen molar-refractivity contribution in [3.05, 3.63) is 46.9 Å². The summed E-state index contributed by atoms with van der Waals surface area (Å²) in [7, 11) is 1.70. The monoisotopic (exact) mass is 297 g/mol. The molecular formula is C13H13ClFN3S. The predicted molar refractivity (Wildman–Crippen MR) is 79.4 cm³/mol. The quantitative estimate of drug-likeness (QED) is 0.823. The van der Waals surface area contributed by atoms with Crippen molar-refractivity contribution in [3.8, 4) is 0 Å². The first-order chi connectivity index (χ1) is 9.10. The van der Waals surface area contributed by atoms with Gasteiger partial charge in [-0.3, -0.25) is 0 Å². The summed E-state index contributed by atoms with van der Waals surface area (Å²) in [5, 5.41) is 3.31. The fourth-order valence-electron chi connectivity index (χ4n) is 1.51. The summed E-state index contributed by atoms with van der Waals surface area (Å²) in [6.07, 6.45) is 0. The Balaban J connectivity index is 2.13. The molecule has 1 aromatic carbocycles. The first kappa shape index (κ1) is 14.0. The molecule has 0 aliphatic rings. The molecular weight excluding hydrogens is 285 g/mol. The highest BCUT2D eigenvalue weighted by molar-refractivity contribution is 8.00. The van der Waals surface area contributed by atoms with E-state index in [0.717, 1.165) is 17.6 Å². The summed E-state index contributed by atoms with van der Waals surface area (Å²) >= 11 is 7.17. The Morgan fingerprint density at radius 3 is 2.79 bits per heavy atom. The smallest absolute Gasteiger partial charge is 0.140 e. The Morgan fingerprint density at radius 1 is 1.32 bits per heavy atom. The van der Waals surface area contributed by atoms with Crippen LogP contribution in [0.15, 0.2) is 35.2 Å². The molecule has 19 heavy (non-hydrogen) atoms. The van der Waals surface area contributed by atoms with Crippen LogP contribution in [0.25, 0.3) is 0 Å². The highest BCUT2D eigenvalue weighted by Crippen LogP contribution is 2.31. The minimum atomic E-state index is -0.334. The van der Waals surface area contributed by atoms with E-state index in [1.807, 2.05) is 25.1 Å². The van der Waals surface area contributed by atoms with Crippen molar-refractivity contribution in [3.63, 3.8) is 0 Å². The zero-order valence-corrected chi connectivity index (χ0v) is 12.1. The van der Waals surface area contributed by atoms with Crippen LogP contribution < -0.4 is 10.0 Å². The molecule has 2 N–H and O–H groups in total. The average Bonchev–Trinajstić information content (AvgIpc) is 2.39. The van der Waals surface area contributed by atoms with E-state index >= 15 is 0 Å². The van der Waals surface area contributed by atoms with Gasteiger partial charge in [0, 0.05) is 12.7 Å². The van der Waals surface area contributed by atoms with Gasteiger partial charge in [0.1, 0.15) is 11.6 Å². The summed E-state index contributed by atoms with van der Waals surface area (Å²) in [6, 6.07) is 8.56. The van der Waals surface area contributed by atoms with Crippen LogP contribution in [0.3, 0.4) is 0 Å². The largest absolute Gasteiger partial charge is 0.387 e. The van der Waals surface area contributed by atoms with Crippen LogP contribution in [0.1, 0.15) is 5.69 Å². The fraction of sp³-hybridized carbons (Fsp3) is 0.154. The second-order valence-corrected chi connectivity index (χ2v) is 5.14. The number of nitrogens with zero attached hydrogens (tertiary/aromatic N) is 1. The third-order valence-electron chi connectivity index (χ3n) is 2.44. The third kappa shape index (κ3) is 3.52. The Hall–Kier alpha value is -1.46. The zero-order chi connectivity index (χ0) is 13.8. The fourth-order valence-corrected chi connectivity index (χ4v) is 2.49. The Morgan fingerprint density at radius 2 is 2.11 bits per heavy atom. The lowest BCUT2D eigenvalue weighted by molar-refractivity contribution is 0.603. The molecule has 0 atom stereocenters. The van der Waals surface area contributed by atoms with E-state index in [2.05, 4.69) is 15.0 Å². The first-order valence-corrected chi connectivity index (χ1v) is 6.83. The molecule has 0 saturated heterocycles. The van der Waals surface area contributed by atoms with Crippen molar-refractivity contribution in [1.82, 2.24) is 4.98 Å². The van der Waals surface area contributed by atoms with Gasteiger partial charge in [0.15, 0.2) is 0 Å². The molecule has 100 valence electrons. The van der Waals surface area contributed by atoms with E-state index < -0.39 is 0 Å². The molecule has 2 aromatic rings. The van der Waals surface area contributed by atoms with Gasteiger partial charge in [-0.25, -0.2) is 9.37 Å². The van der Waals surface area contributed by atoms with Crippen LogP contribution in [-0.4, -0.2) is 12.0 Å². The van der Waals surface area contributed by atoms with Crippen LogP contribution in [0.5, 0.6) is 0 Å². The van der Waals surface area contributed by atoms with Crippen molar-refractivity contribution >= 4 is 35.1 Å². The van der Waals surface area contributed by atoms with Gasteiger partial charge in [-0.1, -0.05) is 17.7 Å². The van der Waals surface area contributed by atoms with E-state index in [9.17, 15) is 4.39 Å². The summed E-state index contributed by atoms with van der Waals surface area (Å²) in [5.74, 6) is 0.345. The van der Waals surface area contributed by atoms with Crippen LogP contribution >= 0.6 is 23.5 Å². The van der Waals surface area contributed by atoms with Gasteiger partial charge in [0.2, 0.25) is 0 Å². The first-order valence-electron chi connectivity index (χ1n) is 5.63. The lowest BCUT2D eigenvalue weighted by Crippen LogP contribution is -1.95. The number of pyridine rings is 1. The second-order valence-electron chi connectivity index (χ2n) is 3.88. The van der Waals surface area contributed by atoms with Crippen molar-refractivity contribution in [2.45, 2.75) is 11.8 Å². The van der Waals surface area contributed by atoms with Gasteiger partial charge >= 0.3 is 0 Å². The molecule has 2 rings (SSSR count). The Bertz CT molecular complexity index is 592. The Kier molecular flexibility index (Phi) is 4.50. The lowest BCUT2D eigenvalue weighted by Gasteiger charge is -2.09. The third-order valence-corrected chi connectivity index (χ3v) is 3.60. The highest BCUT2D eigenvalue weighted by Gasteiger charge is 2.09. The number of anilines is 2. The van der Waals surface area contributed by atoms with Gasteiger partial charge in [-0.05, 0) is 43.1 Å². The SMILES string of the molecule is CNc1cc(F)c(SNc2cccc(C)n2)cc1Cl. The van der Waals surface area contributed by atoms with Crippen LogP contribution in [0, 0.1) is 12.7 Å². The van der Waals surface area contributed by atoms with Gasteiger partial charge in [-0.2, -0.15) is 0 Å². The summed E-state index contributed by atoms with van der Waals surface area (Å²) in [6.45, 7) is 1.90. The maximum atomic E-state index is 13.8. The molecule has 0 unspecified atom stereocenters. The van der Waals surface area contributed by atoms with Gasteiger partial charge in [0.25, 0.3) is 0 Å². The minimum absolute atomic E-state index is 0.334. The number of benzene rings is 1. The minimum Gasteiger partial charge on any atom is -0.387 e. The molecule has 6 heteroatoms. The molecule has 0 fully saturated rings. The van der Waals surface area contributed by atoms with Crippen molar-refractivity contribution in [2.24, 2.45) is 0 Å². The van der Waals surface area contributed by atoms with Crippen molar-refractivity contribution < 1.29 is 4.39 Å². The van der Waals surface area contributed by atoms with Crippen LogP contribution in [0.2, 0.25) is 5.02 Å². The maximum absolute atomic E-state index is 13.8. The van der Waals surface area contributed by atoms with E-state index in [1.165, 1.54) is 6.07 Å². The predicted octanol–water partition coefficient (Wildman–Crippen LogP) is 4.34. The van der Waals surface area contributed by atoms with Gasteiger partial charge < -0.3 is 10.0 Å². The number of rotatable bonds is 4. The number of aryl methyl sites for hydroxylation is 1. The Labute approximate surface area is 120 Å². The molecule has 3 nitrogen and oxygen atoms in total. The van der Waals surface area contributed by atoms with Crippen molar-refractivity contribution in [1.29, 1.82) is 0 Å². The van der Waals surface area contributed by atoms with E-state index in [4.69, 9.17) is 11.6 Å². The summed E-state index contributed by atoms with van der Waals surface area (Å²) in [5.41, 5.74) is 1.46. The highest BCUT2D eigenvalue weighted by atomic mass is 35.5. The molecule has 0 bridgehead atoms. The number of aromatic nitrogens is 1.